The van der Waals surface area contributed by atoms with Gasteiger partial charge in [0, 0.05) is 20.8 Å². The van der Waals surface area contributed by atoms with Crippen molar-refractivity contribution in [1.82, 2.24) is 0 Å². The Morgan fingerprint density at radius 3 is 1.04 bits per heavy atom. The highest BCUT2D eigenvalue weighted by Crippen LogP contribution is 2.71. The molecule has 24 heavy (non-hydrogen) atoms. The molecule has 146 valence electrons. The Bertz CT molecular complexity index is 428. The summed E-state index contributed by atoms with van der Waals surface area (Å²) in [7, 11) is 0.504. The molecule has 0 bridgehead atoms. The molecule has 0 radical (unpaired) electrons. The second kappa shape index (κ2) is 11.7. The van der Waals surface area contributed by atoms with Gasteiger partial charge in [0.2, 0.25) is 0 Å². The molecular weight excluding hydrogens is 446 g/mol. The molecule has 0 spiro atoms. The average Bonchev–Trinajstić information content (AvgIpc) is 2.20. The van der Waals surface area contributed by atoms with E-state index in [1.807, 2.05) is 55.4 Å². The second-order valence-corrected chi connectivity index (χ2v) is 22.4. The molecule has 0 saturated heterocycles. The zero-order valence-corrected chi connectivity index (χ0v) is 21.2. The van der Waals surface area contributed by atoms with Gasteiger partial charge in [-0.15, -0.1) is 0 Å². The van der Waals surface area contributed by atoms with Gasteiger partial charge in [-0.2, -0.15) is 0 Å². The van der Waals surface area contributed by atoms with Crippen molar-refractivity contribution in [3.05, 3.63) is 0 Å². The van der Waals surface area contributed by atoms with Crippen molar-refractivity contribution in [2.45, 2.75) is 79.8 Å². The van der Waals surface area contributed by atoms with Crippen LogP contribution in [0.15, 0.2) is 0 Å². The minimum Gasteiger partial charge on any atom is -0.318 e. The van der Waals surface area contributed by atoms with Crippen LogP contribution in [0, 0.1) is 0 Å². The molecule has 0 atom stereocenters. The first kappa shape index (κ1) is 26.0. The Balaban J connectivity index is 5.14. The van der Waals surface area contributed by atoms with Crippen LogP contribution in [0.5, 0.6) is 0 Å². The summed E-state index contributed by atoms with van der Waals surface area (Å²) in [6.45, 7) is 15.0. The lowest BCUT2D eigenvalue weighted by Crippen LogP contribution is -2.07. The minimum absolute atomic E-state index is 0.119. The van der Waals surface area contributed by atoms with Crippen molar-refractivity contribution in [2.24, 2.45) is 0 Å². The van der Waals surface area contributed by atoms with E-state index in [1.54, 1.807) is 0 Å². The molecule has 0 aliphatic carbocycles. The predicted molar refractivity (Wildman–Crippen MR) is 117 cm³/mol. The fraction of sp³-hybridized carbons (Fsp3) is 1.00. The Labute approximate surface area is 166 Å². The van der Waals surface area contributed by atoms with Crippen LogP contribution in [0.3, 0.4) is 0 Å². The molecule has 0 aliphatic rings. The zero-order valence-electron chi connectivity index (χ0n) is 15.3. The number of hydrogen-bond acceptors (Lipinski definition) is 9. The lowest BCUT2D eigenvalue weighted by atomic mass is 10.5. The van der Waals surface area contributed by atoms with Crippen molar-refractivity contribution >= 4 is 64.7 Å². The summed E-state index contributed by atoms with van der Waals surface area (Å²) < 4.78 is 35.7. The van der Waals surface area contributed by atoms with Gasteiger partial charge in [0.25, 0.3) is 11.4 Å². The molecule has 0 unspecified atom stereocenters. The molecule has 0 aromatic heterocycles. The molecule has 0 aromatic rings. The van der Waals surface area contributed by atoms with Crippen molar-refractivity contribution < 1.29 is 22.3 Å². The van der Waals surface area contributed by atoms with Crippen LogP contribution >= 0.6 is 32.2 Å². The van der Waals surface area contributed by atoms with E-state index < -0.39 is 20.3 Å². The summed E-state index contributed by atoms with van der Waals surface area (Å²) in [6, 6.07) is 0. The largest absolute Gasteiger partial charge is 0.318 e. The molecule has 12 heteroatoms. The average molecular weight is 475 g/mol. The van der Waals surface area contributed by atoms with Crippen molar-refractivity contribution in [3.8, 4) is 0 Å². The molecule has 0 amide bonds. The van der Waals surface area contributed by atoms with Gasteiger partial charge in [-0.3, -0.25) is 0 Å². The van der Waals surface area contributed by atoms with Gasteiger partial charge in [-0.1, -0.05) is 0 Å². The topological polar surface area (TPSA) is 54.0 Å². The van der Waals surface area contributed by atoms with Gasteiger partial charge in [0.1, 0.15) is 0 Å². The normalized spacial score (nSPS) is 13.9. The lowest BCUT2D eigenvalue weighted by molar-refractivity contribution is 0.185. The monoisotopic (exact) mass is 474 g/mol. The van der Waals surface area contributed by atoms with E-state index in [0.29, 0.717) is 0 Å². The first-order valence-corrected chi connectivity index (χ1v) is 17.8. The van der Waals surface area contributed by atoms with E-state index in [9.17, 15) is 4.21 Å². The van der Waals surface area contributed by atoms with Crippen LogP contribution in [0.2, 0.25) is 0 Å². The van der Waals surface area contributed by atoms with Crippen molar-refractivity contribution in [2.75, 3.05) is 0 Å². The second-order valence-electron chi connectivity index (χ2n) is 5.86. The van der Waals surface area contributed by atoms with Crippen LogP contribution in [0.4, 0.5) is 0 Å². The van der Waals surface area contributed by atoms with Gasteiger partial charge >= 0.3 is 0 Å². The molecule has 5 nitrogen and oxygen atoms in total. The van der Waals surface area contributed by atoms with Gasteiger partial charge in [0.05, 0.1) is 24.4 Å². The third-order valence-electron chi connectivity index (χ3n) is 1.66. The lowest BCUT2D eigenvalue weighted by Gasteiger charge is -2.27. The summed E-state index contributed by atoms with van der Waals surface area (Å²) in [5.41, 5.74) is -5.51. The quantitative estimate of drug-likeness (QED) is 0.244. The van der Waals surface area contributed by atoms with Crippen LogP contribution in [0.1, 0.15) is 55.4 Å². The molecule has 0 aliphatic heterocycles. The molecule has 0 aromatic carbocycles. The predicted octanol–water partition coefficient (Wildman–Crippen LogP) is 6.18. The highest BCUT2D eigenvalue weighted by atomic mass is 33.7. The summed E-state index contributed by atoms with van der Waals surface area (Å²) in [4.78, 5) is 0. The van der Waals surface area contributed by atoms with E-state index >= 15 is 0 Å². The van der Waals surface area contributed by atoms with Crippen LogP contribution < -0.4 is 0 Å². The van der Waals surface area contributed by atoms with Crippen molar-refractivity contribution in [3.63, 3.8) is 0 Å². The molecule has 0 fully saturated rings. The molecular formula is C12H28O5P2S5. The van der Waals surface area contributed by atoms with E-state index in [-0.39, 0.29) is 24.4 Å². The summed E-state index contributed by atoms with van der Waals surface area (Å²) >= 11 is 11.0. The fourth-order valence-corrected chi connectivity index (χ4v) is 26.0. The highest BCUT2D eigenvalue weighted by Gasteiger charge is 2.33. The Morgan fingerprint density at radius 2 is 0.875 bits per heavy atom. The molecule has 0 heterocycles. The molecule has 0 N–H and O–H groups in total. The maximum atomic E-state index is 12.6. The van der Waals surface area contributed by atoms with E-state index in [4.69, 9.17) is 41.7 Å². The third-order valence-corrected chi connectivity index (χ3v) is 20.9. The van der Waals surface area contributed by atoms with Gasteiger partial charge < -0.3 is 18.1 Å². The van der Waals surface area contributed by atoms with E-state index in [1.165, 1.54) is 0 Å². The number of rotatable bonds is 12. The van der Waals surface area contributed by atoms with E-state index in [0.717, 1.165) is 20.8 Å². The number of hydrogen-bond donors (Lipinski definition) is 0. The standard InChI is InChI=1S/C12H28O5P2S5/c1-9(2)14-18(20,15-10(3)4)22-24(13)23-19(21,16-11(5)6)17-12(7)8/h9-12H,1-8H3. The van der Waals surface area contributed by atoms with Crippen LogP contribution in [-0.2, 0) is 50.6 Å². The Hall–Kier alpha value is 1.99. The smallest absolute Gasteiger partial charge is 0.261 e. The maximum Gasteiger partial charge on any atom is 0.261 e. The summed E-state index contributed by atoms with van der Waals surface area (Å²) in [5.74, 6) is 0. The molecule has 0 saturated carbocycles. The van der Waals surface area contributed by atoms with Crippen LogP contribution in [-0.4, -0.2) is 28.6 Å². The third kappa shape index (κ3) is 12.4. The zero-order chi connectivity index (χ0) is 19.1. The van der Waals surface area contributed by atoms with Crippen LogP contribution in [0.25, 0.3) is 0 Å². The Kier molecular flexibility index (Phi) is 12.7. The fourth-order valence-electron chi connectivity index (χ4n) is 1.32. The summed E-state index contributed by atoms with van der Waals surface area (Å²) in [5, 5.41) is 0. The van der Waals surface area contributed by atoms with Crippen molar-refractivity contribution in [1.29, 1.82) is 0 Å². The van der Waals surface area contributed by atoms with Gasteiger partial charge in [-0.25, -0.2) is 4.21 Å². The minimum atomic E-state index is -2.75. The SMILES string of the molecule is CC(C)OP(=S)(OC(C)C)SS(=O)SP(=S)(OC(C)C)OC(C)C. The summed E-state index contributed by atoms with van der Waals surface area (Å²) in [6.07, 6.45) is -0.478. The Morgan fingerprint density at radius 1 is 0.667 bits per heavy atom. The first-order valence-electron chi connectivity index (χ1n) is 7.52. The first-order chi connectivity index (χ1) is 10.8. The molecule has 0 rings (SSSR count). The van der Waals surface area contributed by atoms with Gasteiger partial charge in [-0.05, 0) is 79.0 Å². The maximum absolute atomic E-state index is 12.6. The van der Waals surface area contributed by atoms with Gasteiger partial charge in [0.15, 0.2) is 8.86 Å². The van der Waals surface area contributed by atoms with E-state index in [2.05, 4.69) is 0 Å². The highest BCUT2D eigenvalue weighted by molar-refractivity contribution is 9.25.